The van der Waals surface area contributed by atoms with E-state index in [1.54, 1.807) is 6.92 Å². The van der Waals surface area contributed by atoms with Crippen molar-refractivity contribution in [3.05, 3.63) is 0 Å². The zero-order valence-corrected chi connectivity index (χ0v) is 7.80. The lowest BCUT2D eigenvalue weighted by atomic mass is 9.93. The van der Waals surface area contributed by atoms with Crippen molar-refractivity contribution in [2.75, 3.05) is 0 Å². The van der Waals surface area contributed by atoms with Crippen LogP contribution in [0.5, 0.6) is 0 Å². The molecule has 3 atom stereocenters. The van der Waals surface area contributed by atoms with Gasteiger partial charge in [-0.05, 0) is 6.42 Å². The van der Waals surface area contributed by atoms with Crippen molar-refractivity contribution in [1.82, 2.24) is 0 Å². The smallest absolute Gasteiger partial charge is 0.345 e. The quantitative estimate of drug-likeness (QED) is 0.362. The summed E-state index contributed by atoms with van der Waals surface area (Å²) in [4.78, 5) is 25.3. The third-order valence-electron chi connectivity index (χ3n) is 2.24. The number of ether oxygens (including phenoxy) is 1. The monoisotopic (exact) mass is 203 g/mol. The predicted octanol–water partition coefficient (Wildman–Crippen LogP) is -0.328. The molecule has 0 aromatic rings. The van der Waals surface area contributed by atoms with Crippen molar-refractivity contribution in [2.24, 2.45) is 11.7 Å². The topological polar surface area (TPSA) is 98.9 Å². The third kappa shape index (κ3) is 2.43. The van der Waals surface area contributed by atoms with Crippen LogP contribution in [0.3, 0.4) is 0 Å². The van der Waals surface area contributed by atoms with E-state index >= 15 is 0 Å². The molecule has 80 valence electrons. The highest BCUT2D eigenvalue weighted by molar-refractivity contribution is 5.75. The number of carbonyl (C=O) groups excluding carboxylic acids is 2. The first-order chi connectivity index (χ1) is 6.54. The second-order valence-corrected chi connectivity index (χ2v) is 3.44. The van der Waals surface area contributed by atoms with E-state index in [9.17, 15) is 9.59 Å². The first-order valence-electron chi connectivity index (χ1n) is 4.35. The number of carbonyl (C=O) groups is 2. The molecular weight excluding hydrogens is 190 g/mol. The number of hydrogen-bond acceptors (Lipinski definition) is 6. The average Bonchev–Trinajstić information content (AvgIpc) is 2.14. The second kappa shape index (κ2) is 4.39. The van der Waals surface area contributed by atoms with Gasteiger partial charge >= 0.3 is 11.9 Å². The van der Waals surface area contributed by atoms with Gasteiger partial charge in [-0.15, -0.1) is 0 Å². The van der Waals surface area contributed by atoms with Crippen molar-refractivity contribution < 1.29 is 24.5 Å². The SMILES string of the molecule is CC1C[C@H](N)[C@H](CC(=O)OO)OC1=O. The lowest BCUT2D eigenvalue weighted by Gasteiger charge is -2.30. The van der Waals surface area contributed by atoms with E-state index in [1.165, 1.54) is 0 Å². The Hall–Kier alpha value is -1.14. The minimum Gasteiger partial charge on any atom is -0.460 e. The van der Waals surface area contributed by atoms with Gasteiger partial charge in [-0.1, -0.05) is 6.92 Å². The second-order valence-electron chi connectivity index (χ2n) is 3.44. The summed E-state index contributed by atoms with van der Waals surface area (Å²) in [7, 11) is 0. The van der Waals surface area contributed by atoms with Crippen LogP contribution in [0.25, 0.3) is 0 Å². The summed E-state index contributed by atoms with van der Waals surface area (Å²) in [5.74, 6) is -1.47. The van der Waals surface area contributed by atoms with Crippen LogP contribution >= 0.6 is 0 Å². The van der Waals surface area contributed by atoms with Crippen molar-refractivity contribution in [3.63, 3.8) is 0 Å². The molecule has 1 unspecified atom stereocenters. The standard InChI is InChI=1S/C8H13NO5/c1-4-2-5(9)6(13-8(4)11)3-7(10)14-12/h4-6,12H,2-3,9H2,1H3/t4?,5-,6-/m0/s1. The molecule has 6 heteroatoms. The Kier molecular flexibility index (Phi) is 3.43. The fraction of sp³-hybridized carbons (Fsp3) is 0.750. The van der Waals surface area contributed by atoms with Gasteiger partial charge in [0, 0.05) is 6.04 Å². The average molecular weight is 203 g/mol. The number of rotatable bonds is 2. The van der Waals surface area contributed by atoms with Gasteiger partial charge < -0.3 is 15.4 Å². The molecule has 0 saturated carbocycles. The zero-order valence-electron chi connectivity index (χ0n) is 7.80. The van der Waals surface area contributed by atoms with Gasteiger partial charge in [0.05, 0.1) is 12.3 Å². The van der Waals surface area contributed by atoms with Gasteiger partial charge in [-0.25, -0.2) is 4.79 Å². The summed E-state index contributed by atoms with van der Waals surface area (Å²) < 4.78 is 4.91. The maximum atomic E-state index is 11.1. The van der Waals surface area contributed by atoms with Gasteiger partial charge in [-0.3, -0.25) is 4.79 Å². The minimum absolute atomic E-state index is 0.212. The molecule has 1 fully saturated rings. The molecule has 6 nitrogen and oxygen atoms in total. The highest BCUT2D eigenvalue weighted by Crippen LogP contribution is 2.21. The van der Waals surface area contributed by atoms with Crippen molar-refractivity contribution in [3.8, 4) is 0 Å². The maximum absolute atomic E-state index is 11.1. The van der Waals surface area contributed by atoms with Crippen LogP contribution in [-0.4, -0.2) is 29.3 Å². The highest BCUT2D eigenvalue weighted by Gasteiger charge is 2.34. The molecule has 0 aromatic carbocycles. The van der Waals surface area contributed by atoms with Crippen LogP contribution < -0.4 is 5.73 Å². The normalized spacial score (nSPS) is 32.2. The first-order valence-corrected chi connectivity index (χ1v) is 4.35. The zero-order chi connectivity index (χ0) is 10.7. The number of cyclic esters (lactones) is 1. The van der Waals surface area contributed by atoms with E-state index in [2.05, 4.69) is 4.89 Å². The largest absolute Gasteiger partial charge is 0.460 e. The summed E-state index contributed by atoms with van der Waals surface area (Å²) in [5, 5.41) is 8.04. The van der Waals surface area contributed by atoms with E-state index in [0.717, 1.165) is 0 Å². The molecule has 3 N–H and O–H groups in total. The van der Waals surface area contributed by atoms with Crippen LogP contribution in [0.1, 0.15) is 19.8 Å². The fourth-order valence-corrected chi connectivity index (χ4v) is 1.40. The summed E-state index contributed by atoms with van der Waals surface area (Å²) in [6.07, 6.45) is -0.434. The molecule has 1 heterocycles. The van der Waals surface area contributed by atoms with E-state index < -0.39 is 12.1 Å². The fourth-order valence-electron chi connectivity index (χ4n) is 1.40. The number of esters is 1. The molecule has 1 rings (SSSR count). The van der Waals surface area contributed by atoms with Crippen molar-refractivity contribution >= 4 is 11.9 Å². The van der Waals surface area contributed by atoms with Crippen molar-refractivity contribution in [1.29, 1.82) is 0 Å². The maximum Gasteiger partial charge on any atom is 0.345 e. The van der Waals surface area contributed by atoms with Crippen LogP contribution in [0.15, 0.2) is 0 Å². The minimum atomic E-state index is -0.854. The molecule has 0 amide bonds. The summed E-state index contributed by atoms with van der Waals surface area (Å²) >= 11 is 0. The molecule has 0 spiro atoms. The first kappa shape index (κ1) is 10.9. The van der Waals surface area contributed by atoms with Gasteiger partial charge in [0.15, 0.2) is 0 Å². The molecule has 1 aliphatic heterocycles. The Morgan fingerprint density at radius 2 is 2.43 bits per heavy atom. The van der Waals surface area contributed by atoms with Crippen LogP contribution in [0, 0.1) is 5.92 Å². The van der Waals surface area contributed by atoms with Crippen LogP contribution in [0.2, 0.25) is 0 Å². The van der Waals surface area contributed by atoms with E-state index in [1.807, 2.05) is 0 Å². The Balaban J connectivity index is 2.53. The molecule has 0 aliphatic carbocycles. The molecule has 14 heavy (non-hydrogen) atoms. The predicted molar refractivity (Wildman–Crippen MR) is 45.0 cm³/mol. The Morgan fingerprint density at radius 3 is 3.00 bits per heavy atom. The van der Waals surface area contributed by atoms with E-state index in [-0.39, 0.29) is 24.3 Å². The Morgan fingerprint density at radius 1 is 1.79 bits per heavy atom. The molecule has 1 aliphatic rings. The van der Waals surface area contributed by atoms with Gasteiger partial charge in [-0.2, -0.15) is 5.26 Å². The lowest BCUT2D eigenvalue weighted by Crippen LogP contribution is -2.47. The molecule has 0 bridgehead atoms. The van der Waals surface area contributed by atoms with Crippen molar-refractivity contribution in [2.45, 2.75) is 31.9 Å². The number of nitrogens with two attached hydrogens (primary N) is 1. The summed E-state index contributed by atoms with van der Waals surface area (Å²) in [6.45, 7) is 1.71. The Bertz CT molecular complexity index is 240. The van der Waals surface area contributed by atoms with E-state index in [4.69, 9.17) is 15.7 Å². The summed E-state index contributed by atoms with van der Waals surface area (Å²) in [6, 6.07) is -0.387. The summed E-state index contributed by atoms with van der Waals surface area (Å²) in [5.41, 5.74) is 5.67. The van der Waals surface area contributed by atoms with Gasteiger partial charge in [0.1, 0.15) is 6.10 Å². The number of hydrogen-bond donors (Lipinski definition) is 2. The van der Waals surface area contributed by atoms with Crippen LogP contribution in [0.4, 0.5) is 0 Å². The molecular formula is C8H13NO5. The van der Waals surface area contributed by atoms with Gasteiger partial charge in [0.25, 0.3) is 0 Å². The lowest BCUT2D eigenvalue weighted by molar-refractivity contribution is -0.237. The molecule has 0 radical (unpaired) electrons. The van der Waals surface area contributed by atoms with E-state index in [0.29, 0.717) is 6.42 Å². The third-order valence-corrected chi connectivity index (χ3v) is 2.24. The van der Waals surface area contributed by atoms with Gasteiger partial charge in [0.2, 0.25) is 0 Å². The molecule has 0 aromatic heterocycles. The molecule has 1 saturated heterocycles. The van der Waals surface area contributed by atoms with Crippen LogP contribution in [-0.2, 0) is 19.2 Å². The Labute approximate surface area is 80.9 Å². The highest BCUT2D eigenvalue weighted by atomic mass is 17.1.